The van der Waals surface area contributed by atoms with Crippen molar-refractivity contribution in [2.45, 2.75) is 12.8 Å². The van der Waals surface area contributed by atoms with E-state index in [9.17, 15) is 10.1 Å². The Kier molecular flexibility index (Phi) is 3.22. The molecule has 0 aromatic heterocycles. The molecule has 0 radical (unpaired) electrons. The molecule has 0 saturated carbocycles. The van der Waals surface area contributed by atoms with Crippen molar-refractivity contribution in [2.75, 3.05) is 18.0 Å². The third-order valence-electron chi connectivity index (χ3n) is 2.85. The molecule has 17 heavy (non-hydrogen) atoms. The van der Waals surface area contributed by atoms with E-state index in [1.54, 1.807) is 12.1 Å². The lowest BCUT2D eigenvalue weighted by Gasteiger charge is -2.17. The van der Waals surface area contributed by atoms with Crippen LogP contribution in [0.3, 0.4) is 0 Å². The van der Waals surface area contributed by atoms with Crippen molar-refractivity contribution in [3.63, 3.8) is 0 Å². The lowest BCUT2D eigenvalue weighted by Crippen LogP contribution is -2.18. The standard InChI is InChI=1S/C11H13N3O3/c15-12-8-9-3-4-10(11(7-9)14(16)17)13-5-1-2-6-13/h3-4,7-8,15H,1-2,5-6H2/b12-8+. The predicted molar refractivity (Wildman–Crippen MR) is 63.9 cm³/mol. The van der Waals surface area contributed by atoms with E-state index >= 15 is 0 Å². The molecule has 1 aromatic rings. The number of oxime groups is 1. The van der Waals surface area contributed by atoms with Crippen LogP contribution in [0.5, 0.6) is 0 Å². The fourth-order valence-corrected chi connectivity index (χ4v) is 2.06. The van der Waals surface area contributed by atoms with E-state index in [0.29, 0.717) is 11.3 Å². The summed E-state index contributed by atoms with van der Waals surface area (Å²) < 4.78 is 0. The van der Waals surface area contributed by atoms with Gasteiger partial charge in [0, 0.05) is 24.7 Å². The maximum Gasteiger partial charge on any atom is 0.293 e. The number of hydrogen-bond acceptors (Lipinski definition) is 5. The van der Waals surface area contributed by atoms with Gasteiger partial charge in [-0.25, -0.2) is 0 Å². The van der Waals surface area contributed by atoms with Gasteiger partial charge < -0.3 is 10.1 Å². The maximum absolute atomic E-state index is 11.0. The SMILES string of the molecule is O=[N+]([O-])c1cc(/C=N/O)ccc1N1CCCC1. The number of nitrogens with zero attached hydrogens (tertiary/aromatic N) is 3. The van der Waals surface area contributed by atoms with Gasteiger partial charge >= 0.3 is 0 Å². The Hall–Kier alpha value is -2.11. The molecule has 1 aliphatic rings. The molecular weight excluding hydrogens is 222 g/mol. The number of hydrogen-bond donors (Lipinski definition) is 1. The van der Waals surface area contributed by atoms with Gasteiger partial charge in [-0.05, 0) is 18.9 Å². The highest BCUT2D eigenvalue weighted by atomic mass is 16.6. The van der Waals surface area contributed by atoms with E-state index in [1.165, 1.54) is 12.3 Å². The summed E-state index contributed by atoms with van der Waals surface area (Å²) in [6.45, 7) is 1.71. The minimum atomic E-state index is -0.400. The molecule has 0 bridgehead atoms. The van der Waals surface area contributed by atoms with E-state index in [0.717, 1.165) is 25.9 Å². The third kappa shape index (κ3) is 2.35. The Bertz CT molecular complexity index is 453. The zero-order valence-electron chi connectivity index (χ0n) is 9.24. The number of nitro groups is 1. The number of anilines is 1. The van der Waals surface area contributed by atoms with Crippen LogP contribution in [0, 0.1) is 10.1 Å². The van der Waals surface area contributed by atoms with E-state index in [1.807, 2.05) is 4.90 Å². The fourth-order valence-electron chi connectivity index (χ4n) is 2.06. The highest BCUT2D eigenvalue weighted by molar-refractivity contribution is 5.82. The van der Waals surface area contributed by atoms with Crippen LogP contribution in [0.2, 0.25) is 0 Å². The van der Waals surface area contributed by atoms with Gasteiger partial charge in [-0.1, -0.05) is 11.2 Å². The van der Waals surface area contributed by atoms with Crippen molar-refractivity contribution in [2.24, 2.45) is 5.16 Å². The number of nitro benzene ring substituents is 1. The quantitative estimate of drug-likeness (QED) is 0.376. The van der Waals surface area contributed by atoms with Crippen LogP contribution in [-0.2, 0) is 0 Å². The third-order valence-corrected chi connectivity index (χ3v) is 2.85. The van der Waals surface area contributed by atoms with E-state index < -0.39 is 4.92 Å². The lowest BCUT2D eigenvalue weighted by molar-refractivity contribution is -0.384. The van der Waals surface area contributed by atoms with Crippen molar-refractivity contribution in [1.29, 1.82) is 0 Å². The summed E-state index contributed by atoms with van der Waals surface area (Å²) in [5.41, 5.74) is 1.22. The molecule has 1 N–H and O–H groups in total. The molecular formula is C11H13N3O3. The summed E-state index contributed by atoms with van der Waals surface area (Å²) in [5.74, 6) is 0. The monoisotopic (exact) mass is 235 g/mol. The molecule has 0 unspecified atom stereocenters. The van der Waals surface area contributed by atoms with Gasteiger partial charge in [-0.15, -0.1) is 0 Å². The average molecular weight is 235 g/mol. The summed E-state index contributed by atoms with van der Waals surface area (Å²) >= 11 is 0. The van der Waals surface area contributed by atoms with Crippen LogP contribution in [-0.4, -0.2) is 29.4 Å². The fraction of sp³-hybridized carbons (Fsp3) is 0.364. The molecule has 0 atom stereocenters. The first-order chi connectivity index (χ1) is 8.22. The van der Waals surface area contributed by atoms with Crippen LogP contribution in [0.1, 0.15) is 18.4 Å². The van der Waals surface area contributed by atoms with Crippen molar-refractivity contribution < 1.29 is 10.1 Å². The average Bonchev–Trinajstić information content (AvgIpc) is 2.82. The Morgan fingerprint density at radius 1 is 1.41 bits per heavy atom. The highest BCUT2D eigenvalue weighted by Crippen LogP contribution is 2.31. The minimum absolute atomic E-state index is 0.0595. The topological polar surface area (TPSA) is 79.0 Å². The first-order valence-corrected chi connectivity index (χ1v) is 5.43. The minimum Gasteiger partial charge on any atom is -0.411 e. The summed E-state index contributed by atoms with van der Waals surface area (Å²) in [6, 6.07) is 4.84. The van der Waals surface area contributed by atoms with Gasteiger partial charge in [0.05, 0.1) is 11.1 Å². The molecule has 1 fully saturated rings. The van der Waals surface area contributed by atoms with Crippen LogP contribution in [0.4, 0.5) is 11.4 Å². The Labute approximate surface area is 98.3 Å². The summed E-state index contributed by atoms with van der Waals surface area (Å²) in [7, 11) is 0. The molecule has 1 saturated heterocycles. The highest BCUT2D eigenvalue weighted by Gasteiger charge is 2.22. The molecule has 0 spiro atoms. The van der Waals surface area contributed by atoms with Crippen LogP contribution < -0.4 is 4.90 Å². The second-order valence-electron chi connectivity index (χ2n) is 3.94. The lowest BCUT2D eigenvalue weighted by atomic mass is 10.1. The molecule has 1 heterocycles. The van der Waals surface area contributed by atoms with Gasteiger partial charge in [0.2, 0.25) is 0 Å². The van der Waals surface area contributed by atoms with Crippen molar-refractivity contribution in [3.05, 3.63) is 33.9 Å². The maximum atomic E-state index is 11.0. The summed E-state index contributed by atoms with van der Waals surface area (Å²) in [4.78, 5) is 12.6. The Morgan fingerprint density at radius 2 is 2.12 bits per heavy atom. The largest absolute Gasteiger partial charge is 0.411 e. The smallest absolute Gasteiger partial charge is 0.293 e. The molecule has 1 aliphatic heterocycles. The zero-order valence-corrected chi connectivity index (χ0v) is 9.24. The Morgan fingerprint density at radius 3 is 2.71 bits per heavy atom. The van der Waals surface area contributed by atoms with Crippen LogP contribution in [0.15, 0.2) is 23.4 Å². The van der Waals surface area contributed by atoms with Crippen molar-refractivity contribution in [1.82, 2.24) is 0 Å². The summed E-state index contributed by atoms with van der Waals surface area (Å²) in [5, 5.41) is 22.3. The summed E-state index contributed by atoms with van der Waals surface area (Å²) in [6.07, 6.45) is 3.31. The molecule has 6 nitrogen and oxygen atoms in total. The van der Waals surface area contributed by atoms with E-state index in [2.05, 4.69) is 5.16 Å². The van der Waals surface area contributed by atoms with Crippen molar-refractivity contribution >= 4 is 17.6 Å². The van der Waals surface area contributed by atoms with Crippen molar-refractivity contribution in [3.8, 4) is 0 Å². The van der Waals surface area contributed by atoms with E-state index in [-0.39, 0.29) is 5.69 Å². The van der Waals surface area contributed by atoms with Gasteiger partial charge in [0.25, 0.3) is 5.69 Å². The van der Waals surface area contributed by atoms with E-state index in [4.69, 9.17) is 5.21 Å². The normalized spacial score (nSPS) is 15.6. The van der Waals surface area contributed by atoms with Gasteiger partial charge in [0.1, 0.15) is 5.69 Å². The predicted octanol–water partition coefficient (Wildman–Crippen LogP) is 2.00. The first kappa shape index (κ1) is 11.4. The molecule has 0 amide bonds. The molecule has 90 valence electrons. The zero-order chi connectivity index (χ0) is 12.3. The van der Waals surface area contributed by atoms with Gasteiger partial charge in [-0.2, -0.15) is 0 Å². The first-order valence-electron chi connectivity index (χ1n) is 5.43. The van der Waals surface area contributed by atoms with Gasteiger partial charge in [0.15, 0.2) is 0 Å². The molecule has 6 heteroatoms. The second-order valence-corrected chi connectivity index (χ2v) is 3.94. The number of rotatable bonds is 3. The molecule has 0 aliphatic carbocycles. The van der Waals surface area contributed by atoms with Crippen LogP contribution >= 0.6 is 0 Å². The van der Waals surface area contributed by atoms with Gasteiger partial charge in [-0.3, -0.25) is 10.1 Å². The Balaban J connectivity index is 2.40. The molecule has 1 aromatic carbocycles. The number of benzene rings is 1. The second kappa shape index (κ2) is 4.82. The van der Waals surface area contributed by atoms with Crippen LogP contribution in [0.25, 0.3) is 0 Å². The molecule has 2 rings (SSSR count).